The number of pyridine rings is 1. The minimum atomic E-state index is -3.16. The van der Waals surface area contributed by atoms with Crippen molar-refractivity contribution in [3.05, 3.63) is 47.5 Å². The first-order valence-electron chi connectivity index (χ1n) is 8.02. The van der Waals surface area contributed by atoms with Crippen molar-refractivity contribution >= 4 is 10.0 Å². The molecule has 0 aliphatic carbocycles. The molecular weight excluding hydrogens is 326 g/mol. The van der Waals surface area contributed by atoms with E-state index in [2.05, 4.69) is 19.7 Å². The summed E-state index contributed by atoms with van der Waals surface area (Å²) in [5.41, 5.74) is 3.22. The van der Waals surface area contributed by atoms with Crippen LogP contribution in [-0.2, 0) is 23.1 Å². The first kappa shape index (κ1) is 17.1. The molecule has 3 rings (SSSR count). The number of hydrogen-bond acceptors (Lipinski definition) is 5. The molecule has 0 amide bonds. The first-order valence-corrected chi connectivity index (χ1v) is 9.92. The van der Waals surface area contributed by atoms with Gasteiger partial charge in [-0.3, -0.25) is 14.6 Å². The first-order chi connectivity index (χ1) is 11.4. The molecule has 1 aliphatic rings. The van der Waals surface area contributed by atoms with Crippen LogP contribution in [0.1, 0.15) is 29.5 Å². The minimum Gasteiger partial charge on any atom is -0.290 e. The molecule has 130 valence electrons. The highest BCUT2D eigenvalue weighted by Gasteiger charge is 2.25. The predicted molar refractivity (Wildman–Crippen MR) is 91.8 cm³/mol. The zero-order chi connectivity index (χ0) is 17.2. The molecule has 8 heteroatoms. The largest absolute Gasteiger partial charge is 0.290 e. The molecule has 0 aromatic carbocycles. The molecule has 2 aromatic rings. The third kappa shape index (κ3) is 4.40. The van der Waals surface area contributed by atoms with Gasteiger partial charge in [-0.25, -0.2) is 13.1 Å². The van der Waals surface area contributed by atoms with Crippen molar-refractivity contribution in [1.82, 2.24) is 24.4 Å². The summed E-state index contributed by atoms with van der Waals surface area (Å²) in [5.74, 6) is 0. The van der Waals surface area contributed by atoms with E-state index >= 15 is 0 Å². The van der Waals surface area contributed by atoms with Gasteiger partial charge < -0.3 is 0 Å². The van der Waals surface area contributed by atoms with Gasteiger partial charge in [0.15, 0.2) is 0 Å². The number of nitrogens with one attached hydrogen (secondary N) is 1. The van der Waals surface area contributed by atoms with E-state index in [9.17, 15) is 8.42 Å². The van der Waals surface area contributed by atoms with Crippen molar-refractivity contribution in [3.63, 3.8) is 0 Å². The van der Waals surface area contributed by atoms with Gasteiger partial charge in [-0.05, 0) is 31.5 Å². The third-order valence-electron chi connectivity index (χ3n) is 4.13. The molecule has 7 nitrogen and oxygen atoms in total. The molecule has 0 saturated heterocycles. The average Bonchev–Trinajstić information content (AvgIpc) is 2.94. The quantitative estimate of drug-likeness (QED) is 0.844. The van der Waals surface area contributed by atoms with Crippen molar-refractivity contribution in [2.75, 3.05) is 19.3 Å². The van der Waals surface area contributed by atoms with E-state index in [0.29, 0.717) is 13.0 Å². The molecule has 24 heavy (non-hydrogen) atoms. The molecule has 0 spiro atoms. The Kier molecular flexibility index (Phi) is 4.98. The van der Waals surface area contributed by atoms with E-state index in [1.807, 2.05) is 35.9 Å². The van der Waals surface area contributed by atoms with E-state index in [1.54, 1.807) is 6.20 Å². The van der Waals surface area contributed by atoms with E-state index in [-0.39, 0.29) is 6.04 Å². The number of hydrogen-bond donors (Lipinski definition) is 1. The fourth-order valence-corrected chi connectivity index (χ4v) is 3.61. The van der Waals surface area contributed by atoms with E-state index < -0.39 is 10.0 Å². The fraction of sp³-hybridized carbons (Fsp3) is 0.500. The average molecular weight is 349 g/mol. The Hall–Kier alpha value is -1.77. The topological polar surface area (TPSA) is 80.1 Å². The molecule has 1 N–H and O–H groups in total. The molecular formula is C16H23N5O2S. The molecule has 0 saturated carbocycles. The number of aromatic nitrogens is 3. The second-order valence-electron chi connectivity index (χ2n) is 6.32. The summed E-state index contributed by atoms with van der Waals surface area (Å²) in [5, 5.41) is 4.41. The molecule has 0 bridgehead atoms. The van der Waals surface area contributed by atoms with Gasteiger partial charge in [-0.1, -0.05) is 6.07 Å². The lowest BCUT2D eigenvalue weighted by Gasteiger charge is -2.33. The summed E-state index contributed by atoms with van der Waals surface area (Å²) < 4.78 is 27.1. The van der Waals surface area contributed by atoms with Gasteiger partial charge in [-0.15, -0.1) is 0 Å². The Morgan fingerprint density at radius 3 is 2.92 bits per heavy atom. The monoisotopic (exact) mass is 349 g/mol. The number of sulfonamides is 1. The molecule has 1 atom stereocenters. The van der Waals surface area contributed by atoms with Gasteiger partial charge in [0.05, 0.1) is 23.7 Å². The molecule has 2 aromatic heterocycles. The van der Waals surface area contributed by atoms with Crippen LogP contribution in [0.2, 0.25) is 0 Å². The molecule has 1 aliphatic heterocycles. The SMILES string of the molecule is Cc1cccc(CN2Cc3ccnn3[C@@H](CCNS(C)(=O)=O)C2)n1. The lowest BCUT2D eigenvalue weighted by molar-refractivity contribution is 0.160. The van der Waals surface area contributed by atoms with Crippen molar-refractivity contribution in [2.24, 2.45) is 0 Å². The van der Waals surface area contributed by atoms with Gasteiger partial charge in [0, 0.05) is 38.1 Å². The summed E-state index contributed by atoms with van der Waals surface area (Å²) >= 11 is 0. The highest BCUT2D eigenvalue weighted by Crippen LogP contribution is 2.23. The van der Waals surface area contributed by atoms with Crippen LogP contribution in [0.15, 0.2) is 30.5 Å². The Labute approximate surface area is 142 Å². The van der Waals surface area contributed by atoms with Crippen LogP contribution in [0.5, 0.6) is 0 Å². The molecule has 3 heterocycles. The lowest BCUT2D eigenvalue weighted by Crippen LogP contribution is -2.39. The van der Waals surface area contributed by atoms with Crippen molar-refractivity contribution in [3.8, 4) is 0 Å². The highest BCUT2D eigenvalue weighted by molar-refractivity contribution is 7.88. The summed E-state index contributed by atoms with van der Waals surface area (Å²) in [6.45, 7) is 4.85. The fourth-order valence-electron chi connectivity index (χ4n) is 3.13. The van der Waals surface area contributed by atoms with Crippen LogP contribution >= 0.6 is 0 Å². The smallest absolute Gasteiger partial charge is 0.208 e. The second-order valence-corrected chi connectivity index (χ2v) is 8.15. The van der Waals surface area contributed by atoms with Crippen LogP contribution in [-0.4, -0.2) is 47.4 Å². The predicted octanol–water partition coefficient (Wildman–Crippen LogP) is 1.08. The normalized spacial score (nSPS) is 18.5. The third-order valence-corrected chi connectivity index (χ3v) is 4.85. The van der Waals surface area contributed by atoms with Gasteiger partial charge >= 0.3 is 0 Å². The van der Waals surface area contributed by atoms with Crippen molar-refractivity contribution in [2.45, 2.75) is 32.5 Å². The number of aryl methyl sites for hydroxylation is 1. The van der Waals surface area contributed by atoms with Crippen LogP contribution in [0.3, 0.4) is 0 Å². The maximum atomic E-state index is 11.3. The molecule has 0 fully saturated rings. The van der Waals surface area contributed by atoms with Crippen LogP contribution in [0.25, 0.3) is 0 Å². The van der Waals surface area contributed by atoms with Crippen molar-refractivity contribution < 1.29 is 8.42 Å². The summed E-state index contributed by atoms with van der Waals surface area (Å²) in [6, 6.07) is 8.24. The zero-order valence-electron chi connectivity index (χ0n) is 14.0. The van der Waals surface area contributed by atoms with Gasteiger partial charge in [0.1, 0.15) is 0 Å². The highest BCUT2D eigenvalue weighted by atomic mass is 32.2. The Morgan fingerprint density at radius 1 is 1.33 bits per heavy atom. The Morgan fingerprint density at radius 2 is 2.17 bits per heavy atom. The second kappa shape index (κ2) is 7.00. The van der Waals surface area contributed by atoms with Crippen LogP contribution in [0, 0.1) is 6.92 Å². The number of nitrogens with zero attached hydrogens (tertiary/aromatic N) is 4. The molecule has 0 radical (unpaired) electrons. The minimum absolute atomic E-state index is 0.155. The Balaban J connectivity index is 1.68. The van der Waals surface area contributed by atoms with E-state index in [4.69, 9.17) is 0 Å². The van der Waals surface area contributed by atoms with Gasteiger partial charge in [0.2, 0.25) is 10.0 Å². The Bertz CT molecular complexity index is 802. The van der Waals surface area contributed by atoms with Gasteiger partial charge in [0.25, 0.3) is 0 Å². The maximum absolute atomic E-state index is 11.3. The summed E-state index contributed by atoms with van der Waals surface area (Å²) in [6.07, 6.45) is 3.70. The zero-order valence-corrected chi connectivity index (χ0v) is 14.8. The maximum Gasteiger partial charge on any atom is 0.208 e. The van der Waals surface area contributed by atoms with E-state index in [0.717, 1.165) is 36.7 Å². The summed E-state index contributed by atoms with van der Waals surface area (Å²) in [7, 11) is -3.16. The van der Waals surface area contributed by atoms with Crippen LogP contribution < -0.4 is 4.72 Å². The molecule has 0 unspecified atom stereocenters. The standard InChI is InChI=1S/C16H23N5O2S/c1-13-4-3-5-14(19-13)10-20-11-15-6-8-17-21(15)16(12-20)7-9-18-24(2,22)23/h3-6,8,16,18H,7,9-12H2,1-2H3/t16-/m0/s1. The number of rotatable bonds is 6. The lowest BCUT2D eigenvalue weighted by atomic mass is 10.1. The summed E-state index contributed by atoms with van der Waals surface area (Å²) in [4.78, 5) is 6.91. The number of fused-ring (bicyclic) bond motifs is 1. The van der Waals surface area contributed by atoms with Gasteiger partial charge in [-0.2, -0.15) is 5.10 Å². The van der Waals surface area contributed by atoms with Crippen LogP contribution in [0.4, 0.5) is 0 Å². The van der Waals surface area contributed by atoms with E-state index in [1.165, 1.54) is 6.26 Å². The van der Waals surface area contributed by atoms with Crippen molar-refractivity contribution in [1.29, 1.82) is 0 Å².